The van der Waals surface area contributed by atoms with Crippen molar-refractivity contribution in [2.45, 2.75) is 0 Å². The highest BCUT2D eigenvalue weighted by Crippen LogP contribution is 2.28. The second kappa shape index (κ2) is 6.07. The normalized spacial score (nSPS) is 9.76. The molecule has 2 rings (SSSR count). The number of rotatable bonds is 4. The Labute approximate surface area is 125 Å². The van der Waals surface area contributed by atoms with Gasteiger partial charge in [-0.3, -0.25) is 10.1 Å². The molecule has 1 aromatic heterocycles. The van der Waals surface area contributed by atoms with E-state index in [9.17, 15) is 10.1 Å². The van der Waals surface area contributed by atoms with Crippen LogP contribution in [0.3, 0.4) is 0 Å². The van der Waals surface area contributed by atoms with E-state index >= 15 is 0 Å². The van der Waals surface area contributed by atoms with Crippen LogP contribution in [0.25, 0.3) is 0 Å². The predicted octanol–water partition coefficient (Wildman–Crippen LogP) is 3.30. The lowest BCUT2D eigenvalue weighted by molar-refractivity contribution is -0.384. The molecule has 21 heavy (non-hydrogen) atoms. The quantitative estimate of drug-likeness (QED) is 0.663. The van der Waals surface area contributed by atoms with Gasteiger partial charge in [0.25, 0.3) is 5.69 Å². The molecule has 2 aromatic rings. The average molecular weight is 304 g/mol. The van der Waals surface area contributed by atoms with Crippen LogP contribution >= 0.6 is 11.6 Å². The summed E-state index contributed by atoms with van der Waals surface area (Å²) >= 11 is 6.03. The number of nitriles is 1. The third-order valence-corrected chi connectivity index (χ3v) is 2.96. The van der Waals surface area contributed by atoms with Gasteiger partial charge in [-0.15, -0.1) is 0 Å². The van der Waals surface area contributed by atoms with Crippen molar-refractivity contribution >= 4 is 34.6 Å². The monoisotopic (exact) mass is 303 g/mol. The number of benzene rings is 1. The fourth-order valence-corrected chi connectivity index (χ4v) is 1.81. The second-order valence-electron chi connectivity index (χ2n) is 4.03. The maximum absolute atomic E-state index is 10.9. The lowest BCUT2D eigenvalue weighted by atomic mass is 10.2. The van der Waals surface area contributed by atoms with Crippen LogP contribution in [0.1, 0.15) is 5.56 Å². The van der Waals surface area contributed by atoms with Gasteiger partial charge in [-0.1, -0.05) is 11.6 Å². The Hall–Kier alpha value is -2.85. The van der Waals surface area contributed by atoms with E-state index in [-0.39, 0.29) is 11.5 Å². The van der Waals surface area contributed by atoms with Crippen LogP contribution in [0, 0.1) is 21.4 Å². The van der Waals surface area contributed by atoms with E-state index in [0.717, 1.165) is 0 Å². The summed E-state index contributed by atoms with van der Waals surface area (Å²) in [5.74, 6) is 0.602. The van der Waals surface area contributed by atoms with Crippen molar-refractivity contribution < 1.29 is 4.92 Å². The summed E-state index contributed by atoms with van der Waals surface area (Å²) in [7, 11) is 1.61. The Morgan fingerprint density at radius 3 is 2.67 bits per heavy atom. The van der Waals surface area contributed by atoms with Crippen LogP contribution in [0.5, 0.6) is 0 Å². The van der Waals surface area contributed by atoms with E-state index in [4.69, 9.17) is 16.9 Å². The Morgan fingerprint density at radius 2 is 2.05 bits per heavy atom. The summed E-state index contributed by atoms with van der Waals surface area (Å²) in [6.07, 6.45) is 0. The van der Waals surface area contributed by atoms with Gasteiger partial charge in [-0.25, -0.2) is 4.98 Å². The SMILES string of the molecule is CNc1cc([N+](=O)[O-])cc(Nc2cc(C#N)ccc2Cl)n1. The summed E-state index contributed by atoms with van der Waals surface area (Å²) in [4.78, 5) is 14.5. The van der Waals surface area contributed by atoms with Crippen molar-refractivity contribution in [1.29, 1.82) is 5.26 Å². The molecule has 2 N–H and O–H groups in total. The van der Waals surface area contributed by atoms with E-state index in [1.54, 1.807) is 25.2 Å². The second-order valence-corrected chi connectivity index (χ2v) is 4.44. The van der Waals surface area contributed by atoms with Crippen molar-refractivity contribution in [3.63, 3.8) is 0 Å². The molecule has 1 heterocycles. The predicted molar refractivity (Wildman–Crippen MR) is 79.9 cm³/mol. The largest absolute Gasteiger partial charge is 0.373 e. The number of anilines is 3. The molecule has 0 spiro atoms. The summed E-state index contributed by atoms with van der Waals surface area (Å²) < 4.78 is 0. The highest BCUT2D eigenvalue weighted by Gasteiger charge is 2.12. The molecule has 0 aliphatic carbocycles. The highest BCUT2D eigenvalue weighted by molar-refractivity contribution is 6.33. The number of hydrogen-bond donors (Lipinski definition) is 2. The fourth-order valence-electron chi connectivity index (χ4n) is 1.64. The molecule has 0 fully saturated rings. The minimum atomic E-state index is -0.513. The molecule has 0 unspecified atom stereocenters. The van der Waals surface area contributed by atoms with Gasteiger partial charge in [0.2, 0.25) is 0 Å². The standard InChI is InChI=1S/C13H10ClN5O2/c1-16-12-5-9(19(20)21)6-13(18-12)17-11-4-8(7-15)2-3-10(11)14/h2-6H,1H3,(H2,16,17,18). The summed E-state index contributed by atoms with van der Waals surface area (Å²) in [6.45, 7) is 0. The Balaban J connectivity index is 2.41. The van der Waals surface area contributed by atoms with Gasteiger partial charge in [0.1, 0.15) is 11.6 Å². The topological polar surface area (TPSA) is 104 Å². The summed E-state index contributed by atoms with van der Waals surface area (Å²) in [5.41, 5.74) is 0.761. The van der Waals surface area contributed by atoms with Gasteiger partial charge in [-0.2, -0.15) is 5.26 Å². The lowest BCUT2D eigenvalue weighted by Gasteiger charge is -2.09. The maximum Gasteiger partial charge on any atom is 0.276 e. The molecule has 1 aromatic carbocycles. The zero-order valence-corrected chi connectivity index (χ0v) is 11.7. The van der Waals surface area contributed by atoms with E-state index < -0.39 is 4.92 Å². The fraction of sp³-hybridized carbons (Fsp3) is 0.0769. The number of nitro groups is 1. The molecule has 7 nitrogen and oxygen atoms in total. The average Bonchev–Trinajstić information content (AvgIpc) is 2.49. The number of hydrogen-bond acceptors (Lipinski definition) is 6. The molecule has 0 bridgehead atoms. The molecule has 8 heteroatoms. The highest BCUT2D eigenvalue weighted by atomic mass is 35.5. The van der Waals surface area contributed by atoms with Gasteiger partial charge in [0.15, 0.2) is 0 Å². The zero-order valence-electron chi connectivity index (χ0n) is 10.9. The van der Waals surface area contributed by atoms with Crippen LogP contribution in [-0.4, -0.2) is 17.0 Å². The van der Waals surface area contributed by atoms with Crippen LogP contribution in [-0.2, 0) is 0 Å². The first-order valence-electron chi connectivity index (χ1n) is 5.84. The van der Waals surface area contributed by atoms with Gasteiger partial charge in [-0.05, 0) is 18.2 Å². The molecule has 0 aliphatic rings. The van der Waals surface area contributed by atoms with Crippen LogP contribution in [0.15, 0.2) is 30.3 Å². The third-order valence-electron chi connectivity index (χ3n) is 2.64. The van der Waals surface area contributed by atoms with Crippen molar-refractivity contribution in [2.75, 3.05) is 17.7 Å². The number of pyridine rings is 1. The van der Waals surface area contributed by atoms with Crippen molar-refractivity contribution in [3.8, 4) is 6.07 Å². The van der Waals surface area contributed by atoms with Crippen molar-refractivity contribution in [2.24, 2.45) is 0 Å². The molecular weight excluding hydrogens is 294 g/mol. The first-order chi connectivity index (χ1) is 10.0. The van der Waals surface area contributed by atoms with E-state index in [2.05, 4.69) is 15.6 Å². The Morgan fingerprint density at radius 1 is 1.33 bits per heavy atom. The molecule has 0 aliphatic heterocycles. The zero-order chi connectivity index (χ0) is 15.4. The molecule has 0 amide bonds. The molecule has 106 valence electrons. The number of aromatic nitrogens is 1. The van der Waals surface area contributed by atoms with Crippen molar-refractivity contribution in [3.05, 3.63) is 51.0 Å². The third kappa shape index (κ3) is 3.38. The first-order valence-corrected chi connectivity index (χ1v) is 6.22. The van der Waals surface area contributed by atoms with Gasteiger partial charge in [0, 0.05) is 7.05 Å². The smallest absolute Gasteiger partial charge is 0.276 e. The van der Waals surface area contributed by atoms with E-state index in [0.29, 0.717) is 22.1 Å². The maximum atomic E-state index is 10.9. The van der Waals surface area contributed by atoms with Crippen molar-refractivity contribution in [1.82, 2.24) is 4.98 Å². The summed E-state index contributed by atoms with van der Waals surface area (Å²) in [5, 5.41) is 25.8. The number of nitrogens with zero attached hydrogens (tertiary/aromatic N) is 3. The van der Waals surface area contributed by atoms with Crippen LogP contribution in [0.2, 0.25) is 5.02 Å². The lowest BCUT2D eigenvalue weighted by Crippen LogP contribution is -2.01. The minimum absolute atomic E-state index is 0.107. The van der Waals surface area contributed by atoms with Gasteiger partial charge >= 0.3 is 0 Å². The number of nitrogens with one attached hydrogen (secondary N) is 2. The van der Waals surface area contributed by atoms with Gasteiger partial charge in [0.05, 0.1) is 39.4 Å². The van der Waals surface area contributed by atoms with Crippen LogP contribution < -0.4 is 10.6 Å². The molecule has 0 radical (unpaired) electrons. The molecular formula is C13H10ClN5O2. The molecule has 0 atom stereocenters. The van der Waals surface area contributed by atoms with E-state index in [1.807, 2.05) is 6.07 Å². The van der Waals surface area contributed by atoms with Crippen LogP contribution in [0.4, 0.5) is 23.0 Å². The minimum Gasteiger partial charge on any atom is -0.373 e. The Kier molecular flexibility index (Phi) is 4.21. The molecule has 0 saturated heterocycles. The molecule has 0 saturated carbocycles. The number of halogens is 1. The first kappa shape index (κ1) is 14.6. The summed E-state index contributed by atoms with van der Waals surface area (Å²) in [6, 6.07) is 9.29. The van der Waals surface area contributed by atoms with E-state index in [1.165, 1.54) is 12.1 Å². The Bertz CT molecular complexity index is 742. The van der Waals surface area contributed by atoms with Gasteiger partial charge < -0.3 is 10.6 Å².